The summed E-state index contributed by atoms with van der Waals surface area (Å²) in [4.78, 5) is 2.18. The maximum absolute atomic E-state index is 6.11. The van der Waals surface area contributed by atoms with Gasteiger partial charge in [0.2, 0.25) is 0 Å². The Kier molecular flexibility index (Phi) is 2.98. The van der Waals surface area contributed by atoms with Gasteiger partial charge in [0.05, 0.1) is 0 Å². The number of benzene rings is 1. The van der Waals surface area contributed by atoms with E-state index in [1.165, 1.54) is 5.52 Å². The molecule has 1 aromatic carbocycles. The SMILES string of the molecule is CN(C)CCn1ccc2c(Cl)cccc21. The molecule has 2 rings (SSSR count). The van der Waals surface area contributed by atoms with Crippen molar-refractivity contribution in [3.8, 4) is 0 Å². The fourth-order valence-electron chi connectivity index (χ4n) is 1.69. The minimum Gasteiger partial charge on any atom is -0.346 e. The van der Waals surface area contributed by atoms with Gasteiger partial charge in [0.15, 0.2) is 0 Å². The lowest BCUT2D eigenvalue weighted by Crippen LogP contribution is -2.17. The fourth-order valence-corrected chi connectivity index (χ4v) is 1.92. The zero-order chi connectivity index (χ0) is 10.8. The molecule has 0 unspecified atom stereocenters. The van der Waals surface area contributed by atoms with Crippen LogP contribution in [0.25, 0.3) is 10.9 Å². The van der Waals surface area contributed by atoms with Gasteiger partial charge in [-0.25, -0.2) is 0 Å². The van der Waals surface area contributed by atoms with Crippen LogP contribution in [-0.2, 0) is 6.54 Å². The minimum atomic E-state index is 0.830. The van der Waals surface area contributed by atoms with Gasteiger partial charge < -0.3 is 9.47 Å². The topological polar surface area (TPSA) is 8.17 Å². The fraction of sp³-hybridized carbons (Fsp3) is 0.333. The van der Waals surface area contributed by atoms with E-state index in [1.54, 1.807) is 0 Å². The lowest BCUT2D eigenvalue weighted by atomic mass is 10.2. The Morgan fingerprint density at radius 3 is 2.80 bits per heavy atom. The molecule has 0 saturated carbocycles. The van der Waals surface area contributed by atoms with Crippen LogP contribution in [-0.4, -0.2) is 30.1 Å². The molecule has 3 heteroatoms. The molecule has 2 nitrogen and oxygen atoms in total. The van der Waals surface area contributed by atoms with Crippen molar-refractivity contribution in [1.82, 2.24) is 9.47 Å². The van der Waals surface area contributed by atoms with Crippen molar-refractivity contribution in [1.29, 1.82) is 0 Å². The highest BCUT2D eigenvalue weighted by Gasteiger charge is 2.03. The molecule has 0 amide bonds. The highest BCUT2D eigenvalue weighted by molar-refractivity contribution is 6.35. The van der Waals surface area contributed by atoms with Gasteiger partial charge >= 0.3 is 0 Å². The highest BCUT2D eigenvalue weighted by Crippen LogP contribution is 2.23. The Morgan fingerprint density at radius 2 is 2.07 bits per heavy atom. The van der Waals surface area contributed by atoms with E-state index in [4.69, 9.17) is 11.6 Å². The second kappa shape index (κ2) is 4.25. The Labute approximate surface area is 95.1 Å². The second-order valence-corrected chi connectivity index (χ2v) is 4.39. The molecule has 0 aliphatic rings. The number of hydrogen-bond acceptors (Lipinski definition) is 1. The molecule has 1 heterocycles. The van der Waals surface area contributed by atoms with Crippen LogP contribution in [0.1, 0.15) is 0 Å². The summed E-state index contributed by atoms with van der Waals surface area (Å²) >= 11 is 6.11. The number of halogens is 1. The third kappa shape index (κ3) is 2.16. The molecule has 0 saturated heterocycles. The molecule has 15 heavy (non-hydrogen) atoms. The zero-order valence-electron chi connectivity index (χ0n) is 9.07. The average Bonchev–Trinajstić information content (AvgIpc) is 2.59. The molecule has 0 radical (unpaired) electrons. The molecular weight excluding hydrogens is 208 g/mol. The van der Waals surface area contributed by atoms with E-state index < -0.39 is 0 Å². The van der Waals surface area contributed by atoms with Crippen LogP contribution in [0.3, 0.4) is 0 Å². The minimum absolute atomic E-state index is 0.830. The van der Waals surface area contributed by atoms with Gasteiger partial charge in [-0.2, -0.15) is 0 Å². The standard InChI is InChI=1S/C12H15ClN2/c1-14(2)8-9-15-7-6-10-11(13)4-3-5-12(10)15/h3-7H,8-9H2,1-2H3. The van der Waals surface area contributed by atoms with Gasteiger partial charge in [-0.3, -0.25) is 0 Å². The molecule has 2 aromatic rings. The maximum Gasteiger partial charge on any atom is 0.0499 e. The molecule has 80 valence electrons. The third-order valence-electron chi connectivity index (χ3n) is 2.55. The van der Waals surface area contributed by atoms with Crippen LogP contribution >= 0.6 is 11.6 Å². The summed E-state index contributed by atoms with van der Waals surface area (Å²) in [5.74, 6) is 0. The number of likely N-dealkylation sites (N-methyl/N-ethyl adjacent to an activating group) is 1. The van der Waals surface area contributed by atoms with Crippen molar-refractivity contribution in [3.63, 3.8) is 0 Å². The van der Waals surface area contributed by atoms with Crippen molar-refractivity contribution in [3.05, 3.63) is 35.5 Å². The summed E-state index contributed by atoms with van der Waals surface area (Å²) in [6, 6.07) is 8.11. The molecule has 0 aliphatic carbocycles. The number of hydrogen-bond donors (Lipinski definition) is 0. The first-order valence-corrected chi connectivity index (χ1v) is 5.44. The Hall–Kier alpha value is -0.990. The molecule has 0 bridgehead atoms. The Morgan fingerprint density at radius 1 is 1.27 bits per heavy atom. The second-order valence-electron chi connectivity index (χ2n) is 3.99. The Balaban J connectivity index is 2.33. The zero-order valence-corrected chi connectivity index (χ0v) is 9.83. The number of fused-ring (bicyclic) bond motifs is 1. The van der Waals surface area contributed by atoms with E-state index in [1.807, 2.05) is 12.1 Å². The van der Waals surface area contributed by atoms with E-state index in [9.17, 15) is 0 Å². The molecule has 1 aromatic heterocycles. The third-order valence-corrected chi connectivity index (χ3v) is 2.88. The summed E-state index contributed by atoms with van der Waals surface area (Å²) in [6.45, 7) is 2.03. The molecule has 0 aliphatic heterocycles. The van der Waals surface area contributed by atoms with Crippen molar-refractivity contribution >= 4 is 22.5 Å². The first-order chi connectivity index (χ1) is 7.18. The number of aromatic nitrogens is 1. The monoisotopic (exact) mass is 222 g/mol. The lowest BCUT2D eigenvalue weighted by Gasteiger charge is -2.11. The van der Waals surface area contributed by atoms with Crippen LogP contribution in [0.15, 0.2) is 30.5 Å². The number of nitrogens with zero attached hydrogens (tertiary/aromatic N) is 2. The van der Waals surface area contributed by atoms with Gasteiger partial charge in [-0.05, 0) is 32.3 Å². The maximum atomic E-state index is 6.11. The van der Waals surface area contributed by atoms with E-state index in [2.05, 4.69) is 41.9 Å². The van der Waals surface area contributed by atoms with Gasteiger partial charge in [0.25, 0.3) is 0 Å². The average molecular weight is 223 g/mol. The van der Waals surface area contributed by atoms with E-state index >= 15 is 0 Å². The van der Waals surface area contributed by atoms with Crippen molar-refractivity contribution in [2.24, 2.45) is 0 Å². The van der Waals surface area contributed by atoms with E-state index in [0.717, 1.165) is 23.5 Å². The summed E-state index contributed by atoms with van der Waals surface area (Å²) < 4.78 is 2.24. The van der Waals surface area contributed by atoms with Crippen LogP contribution in [0.4, 0.5) is 0 Å². The van der Waals surface area contributed by atoms with E-state index in [0.29, 0.717) is 0 Å². The van der Waals surface area contributed by atoms with E-state index in [-0.39, 0.29) is 0 Å². The molecule has 0 N–H and O–H groups in total. The predicted octanol–water partition coefficient (Wildman–Crippen LogP) is 2.86. The van der Waals surface area contributed by atoms with Crippen LogP contribution in [0.2, 0.25) is 5.02 Å². The predicted molar refractivity (Wildman–Crippen MR) is 65.5 cm³/mol. The van der Waals surface area contributed by atoms with Gasteiger partial charge in [-0.15, -0.1) is 0 Å². The van der Waals surface area contributed by atoms with Crippen LogP contribution in [0.5, 0.6) is 0 Å². The summed E-state index contributed by atoms with van der Waals surface area (Å²) in [5, 5.41) is 1.97. The summed E-state index contributed by atoms with van der Waals surface area (Å²) in [6.07, 6.45) is 2.10. The van der Waals surface area contributed by atoms with Crippen LogP contribution in [0, 0.1) is 0 Å². The normalized spacial score (nSPS) is 11.5. The molecular formula is C12H15ClN2. The quantitative estimate of drug-likeness (QED) is 0.776. The van der Waals surface area contributed by atoms with Crippen molar-refractivity contribution in [2.75, 3.05) is 20.6 Å². The van der Waals surface area contributed by atoms with Crippen LogP contribution < -0.4 is 0 Å². The van der Waals surface area contributed by atoms with Crippen molar-refractivity contribution in [2.45, 2.75) is 6.54 Å². The highest BCUT2D eigenvalue weighted by atomic mass is 35.5. The van der Waals surface area contributed by atoms with Gasteiger partial charge in [0.1, 0.15) is 0 Å². The summed E-state index contributed by atoms with van der Waals surface area (Å²) in [7, 11) is 4.16. The largest absolute Gasteiger partial charge is 0.346 e. The number of rotatable bonds is 3. The van der Waals surface area contributed by atoms with Gasteiger partial charge in [0, 0.05) is 35.2 Å². The molecule has 0 fully saturated rings. The summed E-state index contributed by atoms with van der Waals surface area (Å²) in [5.41, 5.74) is 1.21. The molecule has 0 spiro atoms. The van der Waals surface area contributed by atoms with Gasteiger partial charge in [-0.1, -0.05) is 17.7 Å². The first kappa shape index (κ1) is 10.5. The smallest absolute Gasteiger partial charge is 0.0499 e. The first-order valence-electron chi connectivity index (χ1n) is 5.06. The van der Waals surface area contributed by atoms with Crippen molar-refractivity contribution < 1.29 is 0 Å². The molecule has 0 atom stereocenters. The lowest BCUT2D eigenvalue weighted by molar-refractivity contribution is 0.387. The Bertz CT molecular complexity index is 460.